The molecule has 0 aliphatic carbocycles. The molecule has 0 bridgehead atoms. The van der Waals surface area contributed by atoms with Gasteiger partial charge in [-0.05, 0) is 47.5 Å². The molecule has 1 aliphatic heterocycles. The van der Waals surface area contributed by atoms with Crippen LogP contribution in [0.5, 0.6) is 5.75 Å². The summed E-state index contributed by atoms with van der Waals surface area (Å²) >= 11 is 0. The lowest BCUT2D eigenvalue weighted by Crippen LogP contribution is -2.40. The van der Waals surface area contributed by atoms with E-state index in [2.05, 4.69) is 57.0 Å². The van der Waals surface area contributed by atoms with Crippen LogP contribution >= 0.6 is 0 Å². The largest absolute Gasteiger partial charge is 0.496 e. The average Bonchev–Trinajstić information content (AvgIpc) is 3.06. The minimum Gasteiger partial charge on any atom is -0.496 e. The fourth-order valence-corrected chi connectivity index (χ4v) is 3.61. The zero-order valence-electron chi connectivity index (χ0n) is 15.9. The summed E-state index contributed by atoms with van der Waals surface area (Å²) in [6, 6.07) is 16.6. The molecule has 3 heterocycles. The summed E-state index contributed by atoms with van der Waals surface area (Å²) in [5.41, 5.74) is 6.03. The lowest BCUT2D eigenvalue weighted by molar-refractivity contribution is 0.416. The highest BCUT2D eigenvalue weighted by Gasteiger charge is 2.21. The minimum absolute atomic E-state index is 0.480. The molecule has 140 valence electrons. The third-order valence-electron chi connectivity index (χ3n) is 5.31. The van der Waals surface area contributed by atoms with Crippen LogP contribution in [0.2, 0.25) is 0 Å². The van der Waals surface area contributed by atoms with Crippen molar-refractivity contribution >= 4 is 10.9 Å². The number of fused-ring (bicyclic) bond motifs is 1. The van der Waals surface area contributed by atoms with Gasteiger partial charge in [0.25, 0.3) is 0 Å². The molecule has 1 aliphatic rings. The van der Waals surface area contributed by atoms with Gasteiger partial charge < -0.3 is 10.1 Å². The summed E-state index contributed by atoms with van der Waals surface area (Å²) in [6.07, 6.45) is 2.03. The van der Waals surface area contributed by atoms with Crippen molar-refractivity contribution in [2.45, 2.75) is 5.92 Å². The Morgan fingerprint density at radius 3 is 2.54 bits per heavy atom. The summed E-state index contributed by atoms with van der Waals surface area (Å²) in [4.78, 5) is 0. The quantitative estimate of drug-likeness (QED) is 0.596. The SMILES string of the molecule is COc1cc(-c2ccc3nn(C)cc3c2)ccc1-c1ccc(C2CNC2)nn1. The van der Waals surface area contributed by atoms with E-state index in [1.165, 1.54) is 0 Å². The van der Waals surface area contributed by atoms with Gasteiger partial charge in [0, 0.05) is 43.2 Å². The van der Waals surface area contributed by atoms with Gasteiger partial charge in [-0.2, -0.15) is 15.3 Å². The van der Waals surface area contributed by atoms with Gasteiger partial charge in [0.2, 0.25) is 0 Å². The van der Waals surface area contributed by atoms with Gasteiger partial charge in [0.05, 0.1) is 24.0 Å². The molecule has 2 aromatic carbocycles. The Morgan fingerprint density at radius 2 is 1.82 bits per heavy atom. The number of aromatic nitrogens is 4. The number of nitrogens with one attached hydrogen (secondary N) is 1. The van der Waals surface area contributed by atoms with Crippen molar-refractivity contribution in [3.8, 4) is 28.1 Å². The van der Waals surface area contributed by atoms with E-state index in [4.69, 9.17) is 4.74 Å². The molecule has 1 saturated heterocycles. The maximum absolute atomic E-state index is 5.67. The fraction of sp³-hybridized carbons (Fsp3) is 0.227. The first kappa shape index (κ1) is 16.9. The molecule has 1 N–H and O–H groups in total. The predicted octanol–water partition coefficient (Wildman–Crippen LogP) is 3.39. The first-order valence-electron chi connectivity index (χ1n) is 9.38. The van der Waals surface area contributed by atoms with Gasteiger partial charge in [-0.25, -0.2) is 0 Å². The molecule has 0 unspecified atom stereocenters. The molecule has 2 aromatic heterocycles. The van der Waals surface area contributed by atoms with Crippen LogP contribution in [0.4, 0.5) is 0 Å². The van der Waals surface area contributed by atoms with Crippen LogP contribution in [0.1, 0.15) is 11.6 Å². The van der Waals surface area contributed by atoms with Crippen LogP contribution in [0.3, 0.4) is 0 Å². The molecule has 0 spiro atoms. The molecule has 0 atom stereocenters. The minimum atomic E-state index is 0.480. The molecule has 4 aromatic rings. The van der Waals surface area contributed by atoms with Crippen LogP contribution in [0.15, 0.2) is 54.7 Å². The van der Waals surface area contributed by atoms with E-state index < -0.39 is 0 Å². The molecule has 0 radical (unpaired) electrons. The van der Waals surface area contributed by atoms with E-state index >= 15 is 0 Å². The van der Waals surface area contributed by atoms with Crippen molar-refractivity contribution in [2.75, 3.05) is 20.2 Å². The van der Waals surface area contributed by atoms with Gasteiger partial charge in [-0.15, -0.1) is 0 Å². The molecule has 6 nitrogen and oxygen atoms in total. The highest BCUT2D eigenvalue weighted by Crippen LogP contribution is 2.34. The van der Waals surface area contributed by atoms with Crippen molar-refractivity contribution in [3.63, 3.8) is 0 Å². The van der Waals surface area contributed by atoms with E-state index in [0.29, 0.717) is 5.92 Å². The second-order valence-corrected chi connectivity index (χ2v) is 7.19. The summed E-state index contributed by atoms with van der Waals surface area (Å²) in [5.74, 6) is 1.27. The highest BCUT2D eigenvalue weighted by atomic mass is 16.5. The second kappa shape index (κ2) is 6.73. The maximum atomic E-state index is 5.67. The van der Waals surface area contributed by atoms with Crippen LogP contribution in [-0.4, -0.2) is 40.2 Å². The third kappa shape index (κ3) is 2.92. The maximum Gasteiger partial charge on any atom is 0.128 e. The number of hydrogen-bond donors (Lipinski definition) is 1. The molecular weight excluding hydrogens is 350 g/mol. The van der Waals surface area contributed by atoms with Crippen LogP contribution < -0.4 is 10.1 Å². The van der Waals surface area contributed by atoms with E-state index in [-0.39, 0.29) is 0 Å². The normalized spacial score (nSPS) is 14.2. The van der Waals surface area contributed by atoms with E-state index in [1.807, 2.05) is 30.1 Å². The van der Waals surface area contributed by atoms with Gasteiger partial charge in [0.15, 0.2) is 0 Å². The number of benzene rings is 2. The van der Waals surface area contributed by atoms with Crippen LogP contribution in [0.25, 0.3) is 33.3 Å². The van der Waals surface area contributed by atoms with Crippen molar-refractivity contribution < 1.29 is 4.74 Å². The first-order valence-corrected chi connectivity index (χ1v) is 9.38. The lowest BCUT2D eigenvalue weighted by atomic mass is 9.98. The van der Waals surface area contributed by atoms with Crippen molar-refractivity contribution in [1.82, 2.24) is 25.3 Å². The summed E-state index contributed by atoms with van der Waals surface area (Å²) in [7, 11) is 3.63. The van der Waals surface area contributed by atoms with Crippen molar-refractivity contribution in [2.24, 2.45) is 7.05 Å². The molecule has 0 saturated carbocycles. The van der Waals surface area contributed by atoms with Crippen LogP contribution in [-0.2, 0) is 7.05 Å². The highest BCUT2D eigenvalue weighted by molar-refractivity contribution is 5.85. The number of aryl methyl sites for hydroxylation is 1. The molecule has 6 heteroatoms. The van der Waals surface area contributed by atoms with E-state index in [0.717, 1.165) is 57.8 Å². The summed E-state index contributed by atoms with van der Waals surface area (Å²) in [5, 5.41) is 17.7. The molecule has 0 amide bonds. The van der Waals surface area contributed by atoms with Crippen molar-refractivity contribution in [3.05, 3.63) is 60.4 Å². The molecule has 1 fully saturated rings. The number of hydrogen-bond acceptors (Lipinski definition) is 5. The first-order chi connectivity index (χ1) is 13.7. The Kier molecular flexibility index (Phi) is 4.06. The zero-order chi connectivity index (χ0) is 19.1. The number of rotatable bonds is 4. The average molecular weight is 371 g/mol. The van der Waals surface area contributed by atoms with Crippen molar-refractivity contribution in [1.29, 1.82) is 0 Å². The van der Waals surface area contributed by atoms with Gasteiger partial charge in [-0.3, -0.25) is 4.68 Å². The van der Waals surface area contributed by atoms with Gasteiger partial charge in [-0.1, -0.05) is 12.1 Å². The molecular formula is C22H21N5O. The Labute approximate surface area is 163 Å². The van der Waals surface area contributed by atoms with Crippen LogP contribution in [0, 0.1) is 0 Å². The van der Waals surface area contributed by atoms with E-state index in [1.54, 1.807) is 7.11 Å². The zero-order valence-corrected chi connectivity index (χ0v) is 15.9. The third-order valence-corrected chi connectivity index (χ3v) is 5.31. The fourth-order valence-electron chi connectivity index (χ4n) is 3.61. The molecule has 5 rings (SSSR count). The Hall–Kier alpha value is -3.25. The summed E-state index contributed by atoms with van der Waals surface area (Å²) in [6.45, 7) is 1.96. The second-order valence-electron chi connectivity index (χ2n) is 7.19. The van der Waals surface area contributed by atoms with E-state index in [9.17, 15) is 0 Å². The Balaban J connectivity index is 1.50. The number of nitrogens with zero attached hydrogens (tertiary/aromatic N) is 4. The Bertz CT molecular complexity index is 1150. The number of ether oxygens (including phenoxy) is 1. The Morgan fingerprint density at radius 1 is 1.00 bits per heavy atom. The standard InChI is InChI=1S/C22H21N5O/c1-27-13-16-9-14(4-6-20(16)26-27)15-3-5-18(22(10-15)28-2)21-8-7-19(24-25-21)17-11-23-12-17/h3-10,13,17,23H,11-12H2,1-2H3. The van der Waals surface area contributed by atoms with Gasteiger partial charge >= 0.3 is 0 Å². The smallest absolute Gasteiger partial charge is 0.128 e. The topological polar surface area (TPSA) is 64.9 Å². The predicted molar refractivity (Wildman–Crippen MR) is 109 cm³/mol. The molecule has 28 heavy (non-hydrogen) atoms. The van der Waals surface area contributed by atoms with Gasteiger partial charge in [0.1, 0.15) is 5.75 Å². The number of methoxy groups -OCH3 is 1. The summed E-state index contributed by atoms with van der Waals surface area (Å²) < 4.78 is 7.50. The lowest BCUT2D eigenvalue weighted by Gasteiger charge is -2.25. The monoisotopic (exact) mass is 371 g/mol.